The number of allylic oxidation sites excluding steroid dienone is 2. The molecule has 5 nitrogen and oxygen atoms in total. The van der Waals surface area contributed by atoms with Gasteiger partial charge in [0.05, 0.1) is 0 Å². The molecule has 0 bridgehead atoms. The van der Waals surface area contributed by atoms with Gasteiger partial charge in [-0.2, -0.15) is 15.8 Å². The minimum atomic E-state index is -0.263. The molecular formula is C15H12N4O. The largest absolute Gasteiger partial charge is 0.489 e. The summed E-state index contributed by atoms with van der Waals surface area (Å²) in [6, 6.07) is 12.0. The molecule has 5 heteroatoms. The standard InChI is InChI=1S/C15H12N4O/c1-11(2)10-20-14-5-3-4-13(6-14)19-15(9-18)12(7-16)8-17/h3-6,19H,1,10H2,2H3. The van der Waals surface area contributed by atoms with Crippen molar-refractivity contribution in [2.75, 3.05) is 11.9 Å². The fourth-order valence-electron chi connectivity index (χ4n) is 1.30. The van der Waals surface area contributed by atoms with Crippen LogP contribution in [0.3, 0.4) is 0 Å². The summed E-state index contributed by atoms with van der Waals surface area (Å²) in [5.74, 6) is 0.603. The Kier molecular flexibility index (Phi) is 5.38. The molecule has 1 N–H and O–H groups in total. The van der Waals surface area contributed by atoms with E-state index >= 15 is 0 Å². The molecule has 0 heterocycles. The number of rotatable bonds is 5. The molecule has 20 heavy (non-hydrogen) atoms. The first-order valence-electron chi connectivity index (χ1n) is 5.69. The van der Waals surface area contributed by atoms with E-state index in [-0.39, 0.29) is 11.3 Å². The molecule has 0 aromatic heterocycles. The van der Waals surface area contributed by atoms with E-state index in [0.29, 0.717) is 18.0 Å². The van der Waals surface area contributed by atoms with Gasteiger partial charge >= 0.3 is 0 Å². The molecule has 1 aromatic carbocycles. The van der Waals surface area contributed by atoms with Gasteiger partial charge in [0.2, 0.25) is 0 Å². The lowest BCUT2D eigenvalue weighted by Crippen LogP contribution is -2.02. The first-order valence-corrected chi connectivity index (χ1v) is 5.69. The van der Waals surface area contributed by atoms with Gasteiger partial charge < -0.3 is 10.1 Å². The fraction of sp³-hybridized carbons (Fsp3) is 0.133. The molecule has 98 valence electrons. The molecule has 0 atom stereocenters. The van der Waals surface area contributed by atoms with Crippen molar-refractivity contribution < 1.29 is 4.74 Å². The third-order valence-corrected chi connectivity index (χ3v) is 2.17. The van der Waals surface area contributed by atoms with E-state index in [2.05, 4.69) is 11.9 Å². The van der Waals surface area contributed by atoms with Gasteiger partial charge in [-0.1, -0.05) is 12.6 Å². The highest BCUT2D eigenvalue weighted by Gasteiger charge is 2.06. The van der Waals surface area contributed by atoms with E-state index in [0.717, 1.165) is 5.57 Å². The molecule has 1 aromatic rings. The number of hydrogen-bond acceptors (Lipinski definition) is 5. The minimum Gasteiger partial charge on any atom is -0.489 e. The normalized spacial score (nSPS) is 8.50. The molecule has 0 unspecified atom stereocenters. The summed E-state index contributed by atoms with van der Waals surface area (Å²) in [6.45, 7) is 5.98. The van der Waals surface area contributed by atoms with Crippen LogP contribution in [0.25, 0.3) is 0 Å². The Morgan fingerprint density at radius 1 is 1.25 bits per heavy atom. The average molecular weight is 264 g/mol. The molecule has 0 amide bonds. The summed E-state index contributed by atoms with van der Waals surface area (Å²) >= 11 is 0. The number of anilines is 1. The van der Waals surface area contributed by atoms with Crippen LogP contribution < -0.4 is 10.1 Å². The second-order valence-corrected chi connectivity index (χ2v) is 3.98. The van der Waals surface area contributed by atoms with Crippen molar-refractivity contribution >= 4 is 5.69 Å². The summed E-state index contributed by atoms with van der Waals surface area (Å²) in [5.41, 5.74) is 1.09. The number of nitrogens with one attached hydrogen (secondary N) is 1. The van der Waals surface area contributed by atoms with Crippen LogP contribution in [0.15, 0.2) is 47.7 Å². The smallest absolute Gasteiger partial charge is 0.163 e. The number of nitrogens with zero attached hydrogens (tertiary/aromatic N) is 3. The van der Waals surface area contributed by atoms with E-state index in [1.54, 1.807) is 42.5 Å². The van der Waals surface area contributed by atoms with E-state index in [1.807, 2.05) is 6.92 Å². The average Bonchev–Trinajstić information content (AvgIpc) is 2.45. The maximum Gasteiger partial charge on any atom is 0.163 e. The number of nitriles is 3. The summed E-state index contributed by atoms with van der Waals surface area (Å²) in [5, 5.41) is 29.2. The molecule has 0 saturated carbocycles. The van der Waals surface area contributed by atoms with Gasteiger partial charge in [0.25, 0.3) is 0 Å². The zero-order valence-electron chi connectivity index (χ0n) is 11.0. The monoisotopic (exact) mass is 264 g/mol. The van der Waals surface area contributed by atoms with Gasteiger partial charge in [-0.05, 0) is 24.6 Å². The first kappa shape index (κ1) is 14.8. The van der Waals surface area contributed by atoms with Crippen molar-refractivity contribution in [3.63, 3.8) is 0 Å². The molecule has 0 spiro atoms. The number of benzene rings is 1. The minimum absolute atomic E-state index is 0.0907. The maximum atomic E-state index is 8.95. The highest BCUT2D eigenvalue weighted by atomic mass is 16.5. The topological polar surface area (TPSA) is 92.6 Å². The lowest BCUT2D eigenvalue weighted by Gasteiger charge is -2.09. The van der Waals surface area contributed by atoms with Crippen molar-refractivity contribution in [2.45, 2.75) is 6.92 Å². The van der Waals surface area contributed by atoms with Crippen LogP contribution in [0.1, 0.15) is 6.92 Å². The molecular weight excluding hydrogens is 252 g/mol. The predicted octanol–water partition coefficient (Wildman–Crippen LogP) is 2.88. The van der Waals surface area contributed by atoms with Crippen LogP contribution in [0, 0.1) is 34.0 Å². The zero-order chi connectivity index (χ0) is 15.0. The van der Waals surface area contributed by atoms with E-state index in [1.165, 1.54) is 0 Å². The Hall–Kier alpha value is -3.23. The lowest BCUT2D eigenvalue weighted by molar-refractivity contribution is 0.353. The van der Waals surface area contributed by atoms with Crippen molar-refractivity contribution in [1.82, 2.24) is 0 Å². The molecule has 1 rings (SSSR count). The van der Waals surface area contributed by atoms with Crippen LogP contribution in [0.4, 0.5) is 5.69 Å². The SMILES string of the molecule is C=C(C)COc1cccc(NC(C#N)=C(C#N)C#N)c1. The van der Waals surface area contributed by atoms with Crippen LogP contribution in [-0.4, -0.2) is 6.61 Å². The number of ether oxygens (including phenoxy) is 1. The van der Waals surface area contributed by atoms with Crippen molar-refractivity contribution in [1.29, 1.82) is 15.8 Å². The van der Waals surface area contributed by atoms with Gasteiger partial charge in [-0.3, -0.25) is 0 Å². The van der Waals surface area contributed by atoms with Gasteiger partial charge in [-0.15, -0.1) is 0 Å². The Morgan fingerprint density at radius 2 is 1.95 bits per heavy atom. The maximum absolute atomic E-state index is 8.95. The fourth-order valence-corrected chi connectivity index (χ4v) is 1.30. The number of hydrogen-bond donors (Lipinski definition) is 1. The summed E-state index contributed by atoms with van der Waals surface area (Å²) < 4.78 is 5.47. The van der Waals surface area contributed by atoms with E-state index in [4.69, 9.17) is 20.5 Å². The van der Waals surface area contributed by atoms with Gasteiger partial charge in [0.1, 0.15) is 36.3 Å². The zero-order valence-corrected chi connectivity index (χ0v) is 11.0. The van der Waals surface area contributed by atoms with Crippen LogP contribution in [0.2, 0.25) is 0 Å². The van der Waals surface area contributed by atoms with Crippen LogP contribution in [-0.2, 0) is 0 Å². The molecule has 0 aliphatic carbocycles. The molecule has 0 fully saturated rings. The third-order valence-electron chi connectivity index (χ3n) is 2.17. The Morgan fingerprint density at radius 3 is 2.50 bits per heavy atom. The van der Waals surface area contributed by atoms with Gasteiger partial charge in [0, 0.05) is 11.8 Å². The van der Waals surface area contributed by atoms with Crippen LogP contribution >= 0.6 is 0 Å². The summed E-state index contributed by atoms with van der Waals surface area (Å²) in [4.78, 5) is 0. The Balaban J connectivity index is 2.94. The van der Waals surface area contributed by atoms with E-state index in [9.17, 15) is 0 Å². The quantitative estimate of drug-likeness (QED) is 0.652. The summed E-state index contributed by atoms with van der Waals surface area (Å²) in [6.07, 6.45) is 0. The van der Waals surface area contributed by atoms with Crippen LogP contribution in [0.5, 0.6) is 5.75 Å². The van der Waals surface area contributed by atoms with Gasteiger partial charge in [-0.25, -0.2) is 0 Å². The Bertz CT molecular complexity index is 652. The molecule has 0 radical (unpaired) electrons. The van der Waals surface area contributed by atoms with Crippen molar-refractivity contribution in [3.8, 4) is 24.0 Å². The first-order chi connectivity index (χ1) is 9.60. The third kappa shape index (κ3) is 4.22. The van der Waals surface area contributed by atoms with Gasteiger partial charge in [0.15, 0.2) is 5.57 Å². The van der Waals surface area contributed by atoms with E-state index < -0.39 is 0 Å². The molecule has 0 saturated heterocycles. The highest BCUT2D eigenvalue weighted by Crippen LogP contribution is 2.19. The van der Waals surface area contributed by atoms with Crippen molar-refractivity contribution in [3.05, 3.63) is 47.7 Å². The second kappa shape index (κ2) is 7.26. The molecule has 0 aliphatic rings. The lowest BCUT2D eigenvalue weighted by atomic mass is 10.2. The molecule has 0 aliphatic heterocycles. The highest BCUT2D eigenvalue weighted by molar-refractivity contribution is 5.59. The Labute approximate surface area is 117 Å². The van der Waals surface area contributed by atoms with Crippen molar-refractivity contribution in [2.24, 2.45) is 0 Å². The predicted molar refractivity (Wildman–Crippen MR) is 74.2 cm³/mol. The summed E-state index contributed by atoms with van der Waals surface area (Å²) in [7, 11) is 0. The second-order valence-electron chi connectivity index (χ2n) is 3.98.